The van der Waals surface area contributed by atoms with Crippen LogP contribution in [0.1, 0.15) is 69.5 Å². The minimum absolute atomic E-state index is 0.297. The molecule has 1 aliphatic carbocycles. The van der Waals surface area contributed by atoms with Crippen molar-refractivity contribution in [3.05, 3.63) is 17.6 Å². The zero-order valence-corrected chi connectivity index (χ0v) is 13.0. The Morgan fingerprint density at radius 1 is 1.23 bits per heavy atom. The monoisotopic (exact) mass is 306 g/mol. The summed E-state index contributed by atoms with van der Waals surface area (Å²) in [6, 6.07) is 0.297. The van der Waals surface area contributed by atoms with Crippen molar-refractivity contribution in [1.29, 1.82) is 0 Å². The molecule has 0 atom stereocenters. The number of nitrogens with one attached hydrogen (secondary N) is 1. The van der Waals surface area contributed by atoms with Crippen LogP contribution < -0.4 is 11.1 Å². The second kappa shape index (κ2) is 6.04. The number of hydrogen-bond donors (Lipinski definition) is 2. The largest absolute Gasteiger partial charge is 0.406 e. The van der Waals surface area contributed by atoms with Crippen LogP contribution in [0, 0.1) is 0 Å². The molecular weight excluding hydrogens is 284 g/mol. The van der Waals surface area contributed by atoms with Gasteiger partial charge in [0.2, 0.25) is 11.8 Å². The van der Waals surface area contributed by atoms with Crippen LogP contribution in [0.4, 0.5) is 6.01 Å². The van der Waals surface area contributed by atoms with Gasteiger partial charge in [0.05, 0.1) is 12.1 Å². The average molecular weight is 306 g/mol. The summed E-state index contributed by atoms with van der Waals surface area (Å²) in [4.78, 5) is 4.45. The van der Waals surface area contributed by atoms with Crippen LogP contribution in [0.2, 0.25) is 0 Å². The van der Waals surface area contributed by atoms with Gasteiger partial charge in [0.15, 0.2) is 5.82 Å². The van der Waals surface area contributed by atoms with Crippen LogP contribution in [-0.2, 0) is 12.1 Å². The van der Waals surface area contributed by atoms with Gasteiger partial charge < -0.3 is 20.0 Å². The standard InChI is InChI=1S/C14H22N6O2/c1-14(2,15)12-18-19-13(21-12)16-8-10-17-11(20-22-10)9-6-4-3-5-7-9/h9H,3-8,15H2,1-2H3,(H,16,19). The molecule has 0 aliphatic heterocycles. The van der Waals surface area contributed by atoms with E-state index in [1.165, 1.54) is 19.3 Å². The zero-order chi connectivity index (χ0) is 15.6. The lowest BCUT2D eigenvalue weighted by Crippen LogP contribution is -2.29. The third-order valence-electron chi connectivity index (χ3n) is 3.82. The quantitative estimate of drug-likeness (QED) is 0.864. The second-order valence-corrected chi connectivity index (χ2v) is 6.37. The number of rotatable bonds is 5. The Balaban J connectivity index is 1.57. The van der Waals surface area contributed by atoms with Gasteiger partial charge in [-0.2, -0.15) is 4.98 Å². The fraction of sp³-hybridized carbons (Fsp3) is 0.714. The summed E-state index contributed by atoms with van der Waals surface area (Å²) in [7, 11) is 0. The molecule has 0 bridgehead atoms. The van der Waals surface area contributed by atoms with E-state index in [1.54, 1.807) is 13.8 Å². The Morgan fingerprint density at radius 2 is 2.00 bits per heavy atom. The molecule has 0 spiro atoms. The van der Waals surface area contributed by atoms with Crippen LogP contribution in [0.5, 0.6) is 0 Å². The molecule has 2 aromatic heterocycles. The van der Waals surface area contributed by atoms with Gasteiger partial charge in [-0.1, -0.05) is 29.5 Å². The highest BCUT2D eigenvalue weighted by Gasteiger charge is 2.23. The maximum absolute atomic E-state index is 5.90. The van der Waals surface area contributed by atoms with Gasteiger partial charge in [0.25, 0.3) is 0 Å². The molecule has 2 heterocycles. The third-order valence-corrected chi connectivity index (χ3v) is 3.82. The highest BCUT2D eigenvalue weighted by Crippen LogP contribution is 2.30. The fourth-order valence-electron chi connectivity index (χ4n) is 2.57. The normalized spacial score (nSPS) is 16.9. The van der Waals surface area contributed by atoms with Crippen molar-refractivity contribution in [3.8, 4) is 0 Å². The summed E-state index contributed by atoms with van der Waals surface area (Å²) >= 11 is 0. The van der Waals surface area contributed by atoms with Gasteiger partial charge in [0, 0.05) is 5.92 Å². The maximum Gasteiger partial charge on any atom is 0.315 e. The summed E-state index contributed by atoms with van der Waals surface area (Å²) < 4.78 is 10.7. The van der Waals surface area contributed by atoms with Gasteiger partial charge in [0.1, 0.15) is 0 Å². The van der Waals surface area contributed by atoms with Crippen LogP contribution in [-0.4, -0.2) is 20.3 Å². The van der Waals surface area contributed by atoms with E-state index in [2.05, 4.69) is 25.7 Å². The minimum Gasteiger partial charge on any atom is -0.406 e. The van der Waals surface area contributed by atoms with Gasteiger partial charge in [-0.25, -0.2) is 0 Å². The molecule has 0 unspecified atom stereocenters. The first-order valence-electron chi connectivity index (χ1n) is 7.71. The van der Waals surface area contributed by atoms with Crippen LogP contribution >= 0.6 is 0 Å². The zero-order valence-electron chi connectivity index (χ0n) is 13.0. The van der Waals surface area contributed by atoms with E-state index in [4.69, 9.17) is 14.7 Å². The number of nitrogens with zero attached hydrogens (tertiary/aromatic N) is 4. The van der Waals surface area contributed by atoms with Crippen molar-refractivity contribution in [3.63, 3.8) is 0 Å². The molecule has 2 aromatic rings. The summed E-state index contributed by atoms with van der Waals surface area (Å²) in [5, 5.41) is 14.9. The van der Waals surface area contributed by atoms with Crippen molar-refractivity contribution in [2.75, 3.05) is 5.32 Å². The minimum atomic E-state index is -0.661. The van der Waals surface area contributed by atoms with E-state index in [1.807, 2.05) is 0 Å². The van der Waals surface area contributed by atoms with Crippen LogP contribution in [0.3, 0.4) is 0 Å². The van der Waals surface area contributed by atoms with E-state index >= 15 is 0 Å². The van der Waals surface area contributed by atoms with Crippen molar-refractivity contribution in [2.45, 2.75) is 64.0 Å². The number of nitrogens with two attached hydrogens (primary N) is 1. The first-order chi connectivity index (χ1) is 10.5. The van der Waals surface area contributed by atoms with Crippen molar-refractivity contribution >= 4 is 6.01 Å². The van der Waals surface area contributed by atoms with Crippen LogP contribution in [0.15, 0.2) is 8.94 Å². The van der Waals surface area contributed by atoms with E-state index < -0.39 is 5.54 Å². The average Bonchev–Trinajstić information content (AvgIpc) is 3.15. The molecule has 3 N–H and O–H groups in total. The highest BCUT2D eigenvalue weighted by atomic mass is 16.5. The van der Waals surface area contributed by atoms with E-state index in [-0.39, 0.29) is 0 Å². The molecule has 8 heteroatoms. The molecule has 0 radical (unpaired) electrons. The molecule has 8 nitrogen and oxygen atoms in total. The Morgan fingerprint density at radius 3 is 2.68 bits per heavy atom. The molecule has 3 rings (SSSR count). The molecule has 22 heavy (non-hydrogen) atoms. The van der Waals surface area contributed by atoms with E-state index in [0.717, 1.165) is 18.7 Å². The number of anilines is 1. The Kier molecular flexibility index (Phi) is 4.10. The first-order valence-corrected chi connectivity index (χ1v) is 7.71. The highest BCUT2D eigenvalue weighted by molar-refractivity contribution is 5.18. The fourth-order valence-corrected chi connectivity index (χ4v) is 2.57. The van der Waals surface area contributed by atoms with Gasteiger partial charge in [-0.15, -0.1) is 5.10 Å². The predicted octanol–water partition coefficient (Wildman–Crippen LogP) is 2.31. The Labute approximate surface area is 128 Å². The Bertz CT molecular complexity index is 609. The molecule has 120 valence electrons. The lowest BCUT2D eigenvalue weighted by Gasteiger charge is -2.17. The second-order valence-electron chi connectivity index (χ2n) is 6.37. The summed E-state index contributed by atoms with van der Waals surface area (Å²) in [5.74, 6) is 2.14. The van der Waals surface area contributed by atoms with E-state index in [9.17, 15) is 0 Å². The molecule has 0 saturated heterocycles. The topological polar surface area (TPSA) is 116 Å². The third kappa shape index (κ3) is 3.44. The molecule has 0 amide bonds. The number of hydrogen-bond acceptors (Lipinski definition) is 8. The molecule has 1 fully saturated rings. The van der Waals surface area contributed by atoms with Crippen molar-refractivity contribution < 1.29 is 8.94 Å². The number of aromatic nitrogens is 4. The predicted molar refractivity (Wildman–Crippen MR) is 79.0 cm³/mol. The van der Waals surface area contributed by atoms with Gasteiger partial charge in [-0.05, 0) is 26.7 Å². The maximum atomic E-state index is 5.90. The summed E-state index contributed by atoms with van der Waals surface area (Å²) in [5.41, 5.74) is 5.24. The molecule has 0 aromatic carbocycles. The van der Waals surface area contributed by atoms with Gasteiger partial charge in [-0.3, -0.25) is 0 Å². The smallest absolute Gasteiger partial charge is 0.315 e. The summed E-state index contributed by atoms with van der Waals surface area (Å²) in [6.45, 7) is 3.96. The van der Waals surface area contributed by atoms with Crippen molar-refractivity contribution in [1.82, 2.24) is 20.3 Å². The molecule has 1 aliphatic rings. The lowest BCUT2D eigenvalue weighted by molar-refractivity contribution is 0.358. The van der Waals surface area contributed by atoms with Crippen molar-refractivity contribution in [2.24, 2.45) is 5.73 Å². The Hall–Kier alpha value is -1.96. The first kappa shape index (κ1) is 15.0. The SMILES string of the molecule is CC(C)(N)c1nnc(NCc2nc(C3CCCCC3)no2)o1. The van der Waals surface area contributed by atoms with Gasteiger partial charge >= 0.3 is 6.01 Å². The lowest BCUT2D eigenvalue weighted by atomic mass is 9.89. The van der Waals surface area contributed by atoms with Crippen LogP contribution in [0.25, 0.3) is 0 Å². The summed E-state index contributed by atoms with van der Waals surface area (Å²) in [6.07, 6.45) is 6.08. The molecular formula is C14H22N6O2. The van der Waals surface area contributed by atoms with E-state index in [0.29, 0.717) is 30.3 Å². The molecule has 1 saturated carbocycles.